The van der Waals surface area contributed by atoms with Crippen molar-refractivity contribution >= 4 is 17.3 Å². The van der Waals surface area contributed by atoms with Gasteiger partial charge in [0.15, 0.2) is 0 Å². The van der Waals surface area contributed by atoms with Crippen LogP contribution in [0.4, 0.5) is 5.69 Å². The summed E-state index contributed by atoms with van der Waals surface area (Å²) in [6.07, 6.45) is 2.44. The van der Waals surface area contributed by atoms with Gasteiger partial charge in [0, 0.05) is 17.1 Å². The molecule has 0 radical (unpaired) electrons. The van der Waals surface area contributed by atoms with Gasteiger partial charge in [0.25, 0.3) is 0 Å². The largest absolute Gasteiger partial charge is 0.360 e. The van der Waals surface area contributed by atoms with E-state index in [9.17, 15) is 0 Å². The lowest BCUT2D eigenvalue weighted by molar-refractivity contribution is -0.924. The van der Waals surface area contributed by atoms with Crippen molar-refractivity contribution < 1.29 is 4.90 Å². The Bertz CT molecular complexity index is 606. The fourth-order valence-corrected chi connectivity index (χ4v) is 3.63. The molecule has 1 atom stereocenters. The number of rotatable bonds is 5. The summed E-state index contributed by atoms with van der Waals surface area (Å²) in [6.45, 7) is 7.05. The highest BCUT2D eigenvalue weighted by Crippen LogP contribution is 2.19. The van der Waals surface area contributed by atoms with Crippen molar-refractivity contribution in [2.45, 2.75) is 25.8 Å². The quantitative estimate of drug-likeness (QED) is 0.886. The normalized spacial score (nSPS) is 17.2. The van der Waals surface area contributed by atoms with Crippen LogP contribution in [0.5, 0.6) is 0 Å². The lowest BCUT2D eigenvalue weighted by Crippen LogP contribution is -3.18. The molecule has 0 bridgehead atoms. The third-order valence-corrected chi connectivity index (χ3v) is 5.22. The fraction of sp³-hybridized carbons (Fsp3) is 0.400. The van der Waals surface area contributed by atoms with Gasteiger partial charge in [0.2, 0.25) is 0 Å². The Balaban J connectivity index is 1.48. The molecule has 0 amide bonds. The molecule has 0 unspecified atom stereocenters. The van der Waals surface area contributed by atoms with Gasteiger partial charge < -0.3 is 9.80 Å². The minimum atomic E-state index is 0.719. The molecule has 1 aliphatic heterocycles. The Labute approximate surface area is 144 Å². The summed E-state index contributed by atoms with van der Waals surface area (Å²) < 4.78 is 0. The molecule has 3 heteroatoms. The van der Waals surface area contributed by atoms with Gasteiger partial charge in [-0.2, -0.15) is 0 Å². The molecule has 2 aromatic carbocycles. The van der Waals surface area contributed by atoms with Crippen molar-refractivity contribution in [2.75, 3.05) is 31.1 Å². The Hall–Kier alpha value is -1.51. The topological polar surface area (TPSA) is 7.68 Å². The lowest BCUT2D eigenvalue weighted by Gasteiger charge is -2.36. The van der Waals surface area contributed by atoms with Crippen molar-refractivity contribution in [1.82, 2.24) is 0 Å². The molecule has 0 aliphatic carbocycles. The molecule has 0 spiro atoms. The number of halogens is 1. The molecule has 3 rings (SSSR count). The van der Waals surface area contributed by atoms with E-state index in [2.05, 4.69) is 54.3 Å². The van der Waals surface area contributed by atoms with Gasteiger partial charge in [-0.3, -0.25) is 0 Å². The average molecular weight is 330 g/mol. The molecule has 1 N–H and O–H groups in total. The van der Waals surface area contributed by atoms with Gasteiger partial charge in [-0.25, -0.2) is 0 Å². The third-order valence-electron chi connectivity index (χ3n) is 4.98. The second-order valence-electron chi connectivity index (χ2n) is 6.55. The van der Waals surface area contributed by atoms with E-state index in [1.54, 1.807) is 4.90 Å². The highest BCUT2D eigenvalue weighted by molar-refractivity contribution is 6.30. The first kappa shape index (κ1) is 16.4. The standard InChI is InChI=1S/C20H25ClN2/c1-17(10-11-18-6-3-2-4-7-18)22-12-14-23(15-13-22)20-9-5-8-19(21)16-20/h2-9,16-17H,10-15H2,1H3/p+1/t17-/m1/s1. The number of nitrogens with one attached hydrogen (secondary N) is 1. The molecular formula is C20H26ClN2+. The summed E-state index contributed by atoms with van der Waals surface area (Å²) in [5, 5.41) is 0.827. The predicted molar refractivity (Wildman–Crippen MR) is 98.6 cm³/mol. The van der Waals surface area contributed by atoms with Gasteiger partial charge in [0.1, 0.15) is 0 Å². The molecule has 23 heavy (non-hydrogen) atoms. The maximum absolute atomic E-state index is 6.11. The van der Waals surface area contributed by atoms with Crippen LogP contribution in [0.1, 0.15) is 18.9 Å². The van der Waals surface area contributed by atoms with E-state index in [1.165, 1.54) is 37.2 Å². The Morgan fingerprint density at radius 1 is 1.04 bits per heavy atom. The maximum Gasteiger partial charge on any atom is 0.0951 e. The predicted octanol–water partition coefficient (Wildman–Crippen LogP) is 3.07. The van der Waals surface area contributed by atoms with Crippen molar-refractivity contribution in [3.05, 3.63) is 65.2 Å². The number of anilines is 1. The van der Waals surface area contributed by atoms with Gasteiger partial charge in [-0.05, 0) is 37.1 Å². The van der Waals surface area contributed by atoms with E-state index in [0.29, 0.717) is 0 Å². The second kappa shape index (κ2) is 7.85. The summed E-state index contributed by atoms with van der Waals surface area (Å²) in [5.41, 5.74) is 2.71. The van der Waals surface area contributed by atoms with Crippen LogP contribution in [-0.4, -0.2) is 32.2 Å². The zero-order valence-corrected chi connectivity index (χ0v) is 14.6. The van der Waals surface area contributed by atoms with Gasteiger partial charge in [-0.1, -0.05) is 48.0 Å². The molecule has 1 aliphatic rings. The van der Waals surface area contributed by atoms with E-state index in [1.807, 2.05) is 12.1 Å². The minimum absolute atomic E-state index is 0.719. The number of hydrogen-bond donors (Lipinski definition) is 1. The van der Waals surface area contributed by atoms with Crippen LogP contribution < -0.4 is 9.80 Å². The Morgan fingerprint density at radius 2 is 1.78 bits per heavy atom. The van der Waals surface area contributed by atoms with E-state index in [4.69, 9.17) is 11.6 Å². The maximum atomic E-state index is 6.11. The highest BCUT2D eigenvalue weighted by atomic mass is 35.5. The molecule has 2 nitrogen and oxygen atoms in total. The van der Waals surface area contributed by atoms with Crippen molar-refractivity contribution in [3.8, 4) is 0 Å². The van der Waals surface area contributed by atoms with E-state index >= 15 is 0 Å². The fourth-order valence-electron chi connectivity index (χ4n) is 3.45. The summed E-state index contributed by atoms with van der Waals surface area (Å²) in [4.78, 5) is 4.19. The number of aryl methyl sites for hydroxylation is 1. The zero-order chi connectivity index (χ0) is 16.1. The first-order valence-corrected chi connectivity index (χ1v) is 8.99. The van der Waals surface area contributed by atoms with Gasteiger partial charge in [-0.15, -0.1) is 0 Å². The molecule has 122 valence electrons. The van der Waals surface area contributed by atoms with Crippen LogP contribution in [-0.2, 0) is 6.42 Å². The molecule has 0 saturated carbocycles. The van der Waals surface area contributed by atoms with Crippen LogP contribution in [0.25, 0.3) is 0 Å². The van der Waals surface area contributed by atoms with E-state index < -0.39 is 0 Å². The van der Waals surface area contributed by atoms with Crippen LogP contribution in [0.3, 0.4) is 0 Å². The third kappa shape index (κ3) is 4.49. The SMILES string of the molecule is C[C@H](CCc1ccccc1)[NH+]1CCN(c2cccc(Cl)c2)CC1. The smallest absolute Gasteiger partial charge is 0.0951 e. The van der Waals surface area contributed by atoms with Gasteiger partial charge in [0.05, 0.1) is 32.2 Å². The summed E-state index contributed by atoms with van der Waals surface area (Å²) >= 11 is 6.11. The summed E-state index contributed by atoms with van der Waals surface area (Å²) in [6, 6.07) is 19.8. The number of nitrogens with zero attached hydrogens (tertiary/aromatic N) is 1. The number of benzene rings is 2. The summed E-state index contributed by atoms with van der Waals surface area (Å²) in [7, 11) is 0. The van der Waals surface area contributed by atoms with Crippen LogP contribution in [0.2, 0.25) is 5.02 Å². The number of piperazine rings is 1. The minimum Gasteiger partial charge on any atom is -0.360 e. The van der Waals surface area contributed by atoms with Crippen molar-refractivity contribution in [2.24, 2.45) is 0 Å². The van der Waals surface area contributed by atoms with Crippen molar-refractivity contribution in [1.29, 1.82) is 0 Å². The lowest BCUT2D eigenvalue weighted by atomic mass is 10.0. The summed E-state index contributed by atoms with van der Waals surface area (Å²) in [5.74, 6) is 0. The zero-order valence-electron chi connectivity index (χ0n) is 13.8. The van der Waals surface area contributed by atoms with E-state index in [-0.39, 0.29) is 0 Å². The number of hydrogen-bond acceptors (Lipinski definition) is 1. The molecule has 0 aromatic heterocycles. The highest BCUT2D eigenvalue weighted by Gasteiger charge is 2.24. The van der Waals surface area contributed by atoms with Gasteiger partial charge >= 0.3 is 0 Å². The molecule has 1 fully saturated rings. The average Bonchev–Trinajstić information content (AvgIpc) is 2.61. The van der Waals surface area contributed by atoms with Crippen LogP contribution in [0.15, 0.2) is 54.6 Å². The van der Waals surface area contributed by atoms with E-state index in [0.717, 1.165) is 24.2 Å². The Morgan fingerprint density at radius 3 is 2.48 bits per heavy atom. The molecular weight excluding hydrogens is 304 g/mol. The monoisotopic (exact) mass is 329 g/mol. The second-order valence-corrected chi connectivity index (χ2v) is 6.99. The molecule has 1 saturated heterocycles. The first-order valence-electron chi connectivity index (χ1n) is 8.61. The number of quaternary nitrogens is 1. The van der Waals surface area contributed by atoms with Crippen molar-refractivity contribution in [3.63, 3.8) is 0 Å². The molecule has 1 heterocycles. The van der Waals surface area contributed by atoms with Crippen LogP contribution in [0, 0.1) is 0 Å². The molecule has 2 aromatic rings. The van der Waals surface area contributed by atoms with Crippen LogP contribution >= 0.6 is 11.6 Å². The Kier molecular flexibility index (Phi) is 5.58. The first-order chi connectivity index (χ1) is 11.2.